The molecule has 1 unspecified atom stereocenters. The Morgan fingerprint density at radius 3 is 2.85 bits per heavy atom. The Hall–Kier alpha value is -2.18. The van der Waals surface area contributed by atoms with Crippen molar-refractivity contribution in [3.63, 3.8) is 0 Å². The first kappa shape index (κ1) is 18.2. The summed E-state index contributed by atoms with van der Waals surface area (Å²) in [7, 11) is 0. The molecule has 6 nitrogen and oxygen atoms in total. The van der Waals surface area contributed by atoms with Gasteiger partial charge < -0.3 is 14.6 Å². The van der Waals surface area contributed by atoms with E-state index in [4.69, 9.17) is 9.26 Å². The summed E-state index contributed by atoms with van der Waals surface area (Å²) in [5.74, 6) is 1.12. The van der Waals surface area contributed by atoms with E-state index in [0.29, 0.717) is 6.42 Å². The van der Waals surface area contributed by atoms with Gasteiger partial charge >= 0.3 is 0 Å². The van der Waals surface area contributed by atoms with E-state index in [0.717, 1.165) is 70.0 Å². The van der Waals surface area contributed by atoms with Crippen LogP contribution in [0.4, 0.5) is 0 Å². The van der Waals surface area contributed by atoms with E-state index in [9.17, 15) is 4.79 Å². The number of amides is 1. The Balaban J connectivity index is 1.31. The summed E-state index contributed by atoms with van der Waals surface area (Å²) in [4.78, 5) is 14.7. The van der Waals surface area contributed by atoms with Gasteiger partial charge in [-0.05, 0) is 24.8 Å². The molecule has 1 aliphatic carbocycles. The number of aromatic nitrogens is 1. The lowest BCUT2D eigenvalue weighted by molar-refractivity contribution is -0.121. The second-order valence-electron chi connectivity index (χ2n) is 7.41. The maximum Gasteiger partial charge on any atom is 0.220 e. The summed E-state index contributed by atoms with van der Waals surface area (Å²) in [6.07, 6.45) is 3.87. The molecule has 4 rings (SSSR count). The quantitative estimate of drug-likeness (QED) is 0.845. The third-order valence-corrected chi connectivity index (χ3v) is 5.45. The van der Waals surface area contributed by atoms with Crippen molar-refractivity contribution in [2.24, 2.45) is 0 Å². The lowest BCUT2D eigenvalue weighted by Crippen LogP contribution is -2.39. The van der Waals surface area contributed by atoms with Crippen molar-refractivity contribution in [3.05, 3.63) is 52.9 Å². The maximum atomic E-state index is 12.4. The summed E-state index contributed by atoms with van der Waals surface area (Å²) >= 11 is 0. The first-order valence-electron chi connectivity index (χ1n) is 9.87. The van der Waals surface area contributed by atoms with Crippen molar-refractivity contribution in [2.45, 2.75) is 44.7 Å². The summed E-state index contributed by atoms with van der Waals surface area (Å²) in [5.41, 5.74) is 3.42. The van der Waals surface area contributed by atoms with E-state index in [1.54, 1.807) is 0 Å². The van der Waals surface area contributed by atoms with Gasteiger partial charge in [-0.1, -0.05) is 35.5 Å². The molecule has 0 saturated carbocycles. The summed E-state index contributed by atoms with van der Waals surface area (Å²) in [6, 6.07) is 10.3. The van der Waals surface area contributed by atoms with Crippen LogP contribution >= 0.6 is 0 Å². The predicted octanol–water partition coefficient (Wildman–Crippen LogP) is 2.11. The molecule has 1 amide bonds. The van der Waals surface area contributed by atoms with E-state index in [2.05, 4.69) is 27.5 Å². The number of fused-ring (bicyclic) bond motifs is 1. The number of morpholine rings is 1. The van der Waals surface area contributed by atoms with Crippen LogP contribution in [0, 0.1) is 0 Å². The normalized spacial score (nSPS) is 20.2. The third-order valence-electron chi connectivity index (χ3n) is 5.45. The van der Waals surface area contributed by atoms with Crippen LogP contribution in [-0.4, -0.2) is 48.3 Å². The molecule has 27 heavy (non-hydrogen) atoms. The molecule has 1 aromatic heterocycles. The van der Waals surface area contributed by atoms with Gasteiger partial charge in [0.2, 0.25) is 5.91 Å². The van der Waals surface area contributed by atoms with Gasteiger partial charge in [-0.15, -0.1) is 0 Å². The van der Waals surface area contributed by atoms with Crippen molar-refractivity contribution in [1.29, 1.82) is 0 Å². The zero-order valence-corrected chi connectivity index (χ0v) is 15.7. The zero-order valence-electron chi connectivity index (χ0n) is 15.7. The van der Waals surface area contributed by atoms with Gasteiger partial charge in [-0.2, -0.15) is 0 Å². The lowest BCUT2D eigenvalue weighted by Gasteiger charge is -2.27. The topological polar surface area (TPSA) is 67.6 Å². The largest absolute Gasteiger partial charge is 0.379 e. The molecule has 2 heterocycles. The summed E-state index contributed by atoms with van der Waals surface area (Å²) in [6.45, 7) is 4.22. The van der Waals surface area contributed by atoms with E-state index in [1.165, 1.54) is 11.1 Å². The van der Waals surface area contributed by atoms with Gasteiger partial charge in [-0.3, -0.25) is 9.69 Å². The van der Waals surface area contributed by atoms with E-state index in [1.807, 2.05) is 18.2 Å². The predicted molar refractivity (Wildman–Crippen MR) is 101 cm³/mol. The number of nitrogens with one attached hydrogen (secondary N) is 1. The van der Waals surface area contributed by atoms with Crippen LogP contribution < -0.4 is 5.32 Å². The highest BCUT2D eigenvalue weighted by Crippen LogP contribution is 2.26. The third kappa shape index (κ3) is 4.76. The van der Waals surface area contributed by atoms with Crippen LogP contribution in [-0.2, 0) is 35.3 Å². The average Bonchev–Trinajstić information content (AvgIpc) is 3.10. The van der Waals surface area contributed by atoms with Crippen LogP contribution in [0.2, 0.25) is 0 Å². The highest BCUT2D eigenvalue weighted by molar-refractivity contribution is 5.76. The van der Waals surface area contributed by atoms with Crippen molar-refractivity contribution < 1.29 is 14.1 Å². The highest BCUT2D eigenvalue weighted by Gasteiger charge is 2.27. The number of hydrogen-bond acceptors (Lipinski definition) is 5. The van der Waals surface area contributed by atoms with Crippen molar-refractivity contribution in [2.75, 3.05) is 26.3 Å². The average molecular weight is 369 g/mol. The van der Waals surface area contributed by atoms with Crippen LogP contribution in [0.25, 0.3) is 0 Å². The molecule has 6 heteroatoms. The molecule has 144 valence electrons. The minimum atomic E-state index is 0.124. The molecular weight excluding hydrogens is 342 g/mol. The number of carbonyl (C=O) groups excluding carboxylic acids is 1. The van der Waals surface area contributed by atoms with Gasteiger partial charge in [0, 0.05) is 44.1 Å². The van der Waals surface area contributed by atoms with Crippen LogP contribution in [0.3, 0.4) is 0 Å². The molecule has 0 radical (unpaired) electrons. The van der Waals surface area contributed by atoms with E-state index >= 15 is 0 Å². The van der Waals surface area contributed by atoms with Gasteiger partial charge in [0.15, 0.2) is 0 Å². The fourth-order valence-electron chi connectivity index (χ4n) is 3.88. The zero-order chi connectivity index (χ0) is 18.5. The molecule has 1 aliphatic heterocycles. The summed E-state index contributed by atoms with van der Waals surface area (Å²) in [5, 5.41) is 7.52. The molecule has 1 aromatic carbocycles. The smallest absolute Gasteiger partial charge is 0.220 e. The van der Waals surface area contributed by atoms with Crippen LogP contribution in [0.5, 0.6) is 0 Å². The second-order valence-corrected chi connectivity index (χ2v) is 7.41. The van der Waals surface area contributed by atoms with Crippen LogP contribution in [0.15, 0.2) is 34.9 Å². The maximum absolute atomic E-state index is 12.4. The SMILES string of the molecule is O=C(CCc1ccccc1)NC1CCc2onc(CN3CCOCC3)c2C1. The number of aryl methyl sites for hydroxylation is 2. The van der Waals surface area contributed by atoms with Crippen molar-refractivity contribution >= 4 is 5.91 Å². The Kier molecular flexibility index (Phi) is 5.84. The molecule has 0 bridgehead atoms. The van der Waals surface area contributed by atoms with Gasteiger partial charge in [0.05, 0.1) is 13.2 Å². The molecule has 1 N–H and O–H groups in total. The second kappa shape index (κ2) is 8.67. The Morgan fingerprint density at radius 2 is 2.04 bits per heavy atom. The number of hydrogen-bond donors (Lipinski definition) is 1. The molecule has 1 fully saturated rings. The standard InChI is InChI=1S/C21H27N3O3/c25-21(9-6-16-4-2-1-3-5-16)22-17-7-8-20-18(14-17)19(23-27-20)15-24-10-12-26-13-11-24/h1-5,17H,6-15H2,(H,22,25). The van der Waals surface area contributed by atoms with Gasteiger partial charge in [0.25, 0.3) is 0 Å². The minimum Gasteiger partial charge on any atom is -0.379 e. The number of ether oxygens (including phenoxy) is 1. The number of rotatable bonds is 6. The number of carbonyl (C=O) groups is 1. The Labute approximate surface area is 159 Å². The Bertz CT molecular complexity index is 753. The first-order valence-corrected chi connectivity index (χ1v) is 9.87. The van der Waals surface area contributed by atoms with E-state index < -0.39 is 0 Å². The number of nitrogens with zero attached hydrogens (tertiary/aromatic N) is 2. The molecule has 0 spiro atoms. The molecule has 2 aliphatic rings. The molecule has 2 aromatic rings. The van der Waals surface area contributed by atoms with Crippen molar-refractivity contribution in [1.82, 2.24) is 15.4 Å². The lowest BCUT2D eigenvalue weighted by atomic mass is 9.91. The first-order chi connectivity index (χ1) is 13.3. The van der Waals surface area contributed by atoms with Crippen molar-refractivity contribution in [3.8, 4) is 0 Å². The fourth-order valence-corrected chi connectivity index (χ4v) is 3.88. The molecular formula is C21H27N3O3. The summed E-state index contributed by atoms with van der Waals surface area (Å²) < 4.78 is 11.0. The van der Waals surface area contributed by atoms with Gasteiger partial charge in [0.1, 0.15) is 11.5 Å². The monoisotopic (exact) mass is 369 g/mol. The molecule has 1 atom stereocenters. The Morgan fingerprint density at radius 1 is 1.22 bits per heavy atom. The minimum absolute atomic E-state index is 0.124. The highest BCUT2D eigenvalue weighted by atomic mass is 16.5. The van der Waals surface area contributed by atoms with E-state index in [-0.39, 0.29) is 11.9 Å². The van der Waals surface area contributed by atoms with Crippen LogP contribution in [0.1, 0.15) is 35.4 Å². The molecule has 1 saturated heterocycles. The number of benzene rings is 1. The van der Waals surface area contributed by atoms with Gasteiger partial charge in [-0.25, -0.2) is 0 Å². The fraction of sp³-hybridized carbons (Fsp3) is 0.524.